The molecule has 3 nitrogen and oxygen atoms in total. The van der Waals surface area contributed by atoms with E-state index in [-0.39, 0.29) is 17.5 Å². The summed E-state index contributed by atoms with van der Waals surface area (Å²) in [5, 5.41) is 2.83. The molecule has 0 fully saturated rings. The number of hydrogen-bond donors (Lipinski definition) is 2. The van der Waals surface area contributed by atoms with Crippen molar-refractivity contribution in [3.05, 3.63) is 0 Å². The lowest BCUT2D eigenvalue weighted by atomic mass is 10.1. The van der Waals surface area contributed by atoms with Gasteiger partial charge in [-0.3, -0.25) is 4.79 Å². The van der Waals surface area contributed by atoms with E-state index in [1.807, 2.05) is 27.7 Å². The zero-order chi connectivity index (χ0) is 10.5. The minimum absolute atomic E-state index is 0.0873. The second-order valence-electron chi connectivity index (χ2n) is 4.20. The Bertz CT molecular complexity index is 163. The van der Waals surface area contributed by atoms with Crippen LogP contribution in [0.2, 0.25) is 0 Å². The Morgan fingerprint density at radius 2 is 2.08 bits per heavy atom. The van der Waals surface area contributed by atoms with E-state index < -0.39 is 0 Å². The molecule has 0 aliphatic heterocycles. The SMILES string of the molecule is CC(C)NC(=O)CSCC(C)(C)N. The quantitative estimate of drug-likeness (QED) is 0.702. The molecule has 0 aromatic rings. The lowest BCUT2D eigenvalue weighted by Crippen LogP contribution is -2.36. The van der Waals surface area contributed by atoms with Crippen LogP contribution in [0.25, 0.3) is 0 Å². The Hall–Kier alpha value is -0.220. The number of nitrogens with one attached hydrogen (secondary N) is 1. The molecule has 0 atom stereocenters. The molecule has 0 saturated carbocycles. The van der Waals surface area contributed by atoms with Crippen LogP contribution in [-0.4, -0.2) is 29.0 Å². The Kier molecular flexibility index (Phi) is 5.40. The largest absolute Gasteiger partial charge is 0.353 e. The highest BCUT2D eigenvalue weighted by Gasteiger charge is 2.11. The molecule has 0 saturated heterocycles. The van der Waals surface area contributed by atoms with Gasteiger partial charge < -0.3 is 11.1 Å². The lowest BCUT2D eigenvalue weighted by Gasteiger charge is -2.17. The molecule has 0 spiro atoms. The highest BCUT2D eigenvalue weighted by atomic mass is 32.2. The van der Waals surface area contributed by atoms with E-state index >= 15 is 0 Å². The molecular formula is C9H20N2OS. The fraction of sp³-hybridized carbons (Fsp3) is 0.889. The molecule has 0 aromatic carbocycles. The van der Waals surface area contributed by atoms with Gasteiger partial charge in [0.2, 0.25) is 5.91 Å². The molecule has 0 radical (unpaired) electrons. The van der Waals surface area contributed by atoms with Gasteiger partial charge in [0.25, 0.3) is 0 Å². The van der Waals surface area contributed by atoms with E-state index in [0.717, 1.165) is 5.75 Å². The highest BCUT2D eigenvalue weighted by molar-refractivity contribution is 8.00. The molecule has 0 heterocycles. The van der Waals surface area contributed by atoms with E-state index in [1.54, 1.807) is 11.8 Å². The second-order valence-corrected chi connectivity index (χ2v) is 5.19. The average Bonchev–Trinajstić information content (AvgIpc) is 1.81. The molecule has 0 aliphatic carbocycles. The number of carbonyl (C=O) groups excluding carboxylic acids is 1. The van der Waals surface area contributed by atoms with Crippen LogP contribution in [0.4, 0.5) is 0 Å². The zero-order valence-corrected chi connectivity index (χ0v) is 9.70. The van der Waals surface area contributed by atoms with Gasteiger partial charge >= 0.3 is 0 Å². The third-order valence-corrected chi connectivity index (χ3v) is 2.57. The van der Waals surface area contributed by atoms with Crippen molar-refractivity contribution in [2.75, 3.05) is 11.5 Å². The van der Waals surface area contributed by atoms with Crippen molar-refractivity contribution >= 4 is 17.7 Å². The fourth-order valence-corrected chi connectivity index (χ4v) is 1.67. The van der Waals surface area contributed by atoms with Crippen molar-refractivity contribution < 1.29 is 4.79 Å². The summed E-state index contributed by atoms with van der Waals surface area (Å²) in [4.78, 5) is 11.2. The Morgan fingerprint density at radius 1 is 1.54 bits per heavy atom. The molecule has 13 heavy (non-hydrogen) atoms. The summed E-state index contributed by atoms with van der Waals surface area (Å²) in [6.45, 7) is 7.82. The number of thioether (sulfide) groups is 1. The number of rotatable bonds is 5. The molecule has 4 heteroatoms. The van der Waals surface area contributed by atoms with Gasteiger partial charge in [-0.1, -0.05) is 0 Å². The van der Waals surface area contributed by atoms with Crippen molar-refractivity contribution in [3.63, 3.8) is 0 Å². The number of carbonyl (C=O) groups is 1. The average molecular weight is 204 g/mol. The molecule has 0 rings (SSSR count). The summed E-state index contributed by atoms with van der Waals surface area (Å²) in [5.74, 6) is 1.39. The molecule has 0 bridgehead atoms. The summed E-state index contributed by atoms with van der Waals surface area (Å²) < 4.78 is 0. The molecular weight excluding hydrogens is 184 g/mol. The van der Waals surface area contributed by atoms with Gasteiger partial charge in [0.1, 0.15) is 0 Å². The van der Waals surface area contributed by atoms with E-state index in [4.69, 9.17) is 5.73 Å². The Labute approximate surface area is 84.8 Å². The number of amides is 1. The predicted molar refractivity (Wildman–Crippen MR) is 58.9 cm³/mol. The Balaban J connectivity index is 3.49. The first-order valence-electron chi connectivity index (χ1n) is 4.47. The van der Waals surface area contributed by atoms with Crippen LogP contribution in [0.1, 0.15) is 27.7 Å². The van der Waals surface area contributed by atoms with Gasteiger partial charge in [-0.2, -0.15) is 11.8 Å². The molecule has 78 valence electrons. The van der Waals surface area contributed by atoms with Crippen molar-refractivity contribution in [2.45, 2.75) is 39.3 Å². The first-order valence-corrected chi connectivity index (χ1v) is 5.63. The van der Waals surface area contributed by atoms with Crippen molar-refractivity contribution in [1.82, 2.24) is 5.32 Å². The first kappa shape index (κ1) is 12.8. The van der Waals surface area contributed by atoms with E-state index in [9.17, 15) is 4.79 Å². The van der Waals surface area contributed by atoms with Crippen LogP contribution in [-0.2, 0) is 4.79 Å². The summed E-state index contributed by atoms with van der Waals surface area (Å²) in [6, 6.07) is 0.221. The second kappa shape index (κ2) is 5.50. The molecule has 3 N–H and O–H groups in total. The monoisotopic (exact) mass is 204 g/mol. The standard InChI is InChI=1S/C9H20N2OS/c1-7(2)11-8(12)5-13-6-9(3,4)10/h7H,5-6,10H2,1-4H3,(H,11,12). The van der Waals surface area contributed by atoms with Gasteiger partial charge in [0, 0.05) is 17.3 Å². The maximum Gasteiger partial charge on any atom is 0.230 e. The fourth-order valence-electron chi connectivity index (χ4n) is 0.770. The normalized spacial score (nSPS) is 11.8. The summed E-state index contributed by atoms with van der Waals surface area (Å²) >= 11 is 1.57. The third-order valence-electron chi connectivity index (χ3n) is 1.16. The van der Waals surface area contributed by atoms with E-state index in [1.165, 1.54) is 0 Å². The maximum atomic E-state index is 11.2. The van der Waals surface area contributed by atoms with Crippen LogP contribution in [0.15, 0.2) is 0 Å². The predicted octanol–water partition coefficient (Wildman–Crippen LogP) is 0.981. The molecule has 1 amide bonds. The summed E-state index contributed by atoms with van der Waals surface area (Å²) in [6.07, 6.45) is 0. The van der Waals surface area contributed by atoms with Crippen LogP contribution in [0.3, 0.4) is 0 Å². The highest BCUT2D eigenvalue weighted by Crippen LogP contribution is 2.08. The summed E-state index contributed by atoms with van der Waals surface area (Å²) in [7, 11) is 0. The minimum Gasteiger partial charge on any atom is -0.353 e. The van der Waals surface area contributed by atoms with E-state index in [2.05, 4.69) is 5.32 Å². The van der Waals surface area contributed by atoms with Crippen LogP contribution in [0.5, 0.6) is 0 Å². The van der Waals surface area contributed by atoms with E-state index in [0.29, 0.717) is 5.75 Å². The van der Waals surface area contributed by atoms with Crippen LogP contribution < -0.4 is 11.1 Å². The topological polar surface area (TPSA) is 55.1 Å². The number of hydrogen-bond acceptors (Lipinski definition) is 3. The molecule has 0 unspecified atom stereocenters. The lowest BCUT2D eigenvalue weighted by molar-refractivity contribution is -0.119. The van der Waals surface area contributed by atoms with Gasteiger partial charge in [-0.05, 0) is 27.7 Å². The van der Waals surface area contributed by atoms with Gasteiger partial charge in [-0.25, -0.2) is 0 Å². The third kappa shape index (κ3) is 9.70. The van der Waals surface area contributed by atoms with Crippen LogP contribution in [0, 0.1) is 0 Å². The van der Waals surface area contributed by atoms with Crippen molar-refractivity contribution in [1.29, 1.82) is 0 Å². The minimum atomic E-state index is -0.192. The number of nitrogens with two attached hydrogens (primary N) is 1. The Morgan fingerprint density at radius 3 is 2.46 bits per heavy atom. The maximum absolute atomic E-state index is 11.2. The summed E-state index contributed by atoms with van der Waals surface area (Å²) in [5.41, 5.74) is 5.58. The zero-order valence-electron chi connectivity index (χ0n) is 8.89. The van der Waals surface area contributed by atoms with Gasteiger partial charge in [-0.15, -0.1) is 0 Å². The first-order chi connectivity index (χ1) is 5.81. The van der Waals surface area contributed by atoms with Crippen molar-refractivity contribution in [2.24, 2.45) is 5.73 Å². The molecule has 0 aliphatic rings. The van der Waals surface area contributed by atoms with Gasteiger partial charge in [0.15, 0.2) is 0 Å². The van der Waals surface area contributed by atoms with Gasteiger partial charge in [0.05, 0.1) is 5.75 Å². The smallest absolute Gasteiger partial charge is 0.230 e. The van der Waals surface area contributed by atoms with Crippen molar-refractivity contribution in [3.8, 4) is 0 Å². The van der Waals surface area contributed by atoms with Crippen LogP contribution >= 0.6 is 11.8 Å². The molecule has 0 aromatic heterocycles.